The SMILES string of the molecule is CC(=O)NC1CCN(c2cc(-c3ccccc3)nc3cc(C)nn23)C1. The molecule has 0 bridgehead atoms. The number of aromatic nitrogens is 3. The highest BCUT2D eigenvalue weighted by atomic mass is 16.1. The average molecular weight is 335 g/mol. The van der Waals surface area contributed by atoms with Crippen molar-refractivity contribution < 1.29 is 4.79 Å². The van der Waals surface area contributed by atoms with Crippen LogP contribution < -0.4 is 10.2 Å². The van der Waals surface area contributed by atoms with Gasteiger partial charge < -0.3 is 10.2 Å². The Bertz CT molecular complexity index is 918. The molecule has 0 spiro atoms. The van der Waals surface area contributed by atoms with Gasteiger partial charge in [-0.25, -0.2) is 4.98 Å². The highest BCUT2D eigenvalue weighted by Crippen LogP contribution is 2.27. The van der Waals surface area contributed by atoms with Crippen LogP contribution in [-0.2, 0) is 4.79 Å². The van der Waals surface area contributed by atoms with E-state index in [1.807, 2.05) is 35.7 Å². The van der Waals surface area contributed by atoms with Crippen molar-refractivity contribution in [3.05, 3.63) is 48.2 Å². The average Bonchev–Trinajstić information content (AvgIpc) is 3.19. The number of rotatable bonds is 3. The minimum absolute atomic E-state index is 0.0200. The number of hydrogen-bond acceptors (Lipinski definition) is 4. The van der Waals surface area contributed by atoms with E-state index in [9.17, 15) is 4.79 Å². The number of nitrogens with zero attached hydrogens (tertiary/aromatic N) is 4. The second-order valence-electron chi connectivity index (χ2n) is 6.55. The van der Waals surface area contributed by atoms with Gasteiger partial charge >= 0.3 is 0 Å². The molecule has 1 aliphatic heterocycles. The fourth-order valence-electron chi connectivity index (χ4n) is 3.43. The first-order valence-corrected chi connectivity index (χ1v) is 8.55. The van der Waals surface area contributed by atoms with Crippen LogP contribution >= 0.6 is 0 Å². The van der Waals surface area contributed by atoms with E-state index in [2.05, 4.69) is 33.5 Å². The first-order valence-electron chi connectivity index (χ1n) is 8.55. The lowest BCUT2D eigenvalue weighted by Gasteiger charge is -2.20. The summed E-state index contributed by atoms with van der Waals surface area (Å²) in [5.74, 6) is 1.04. The Morgan fingerprint density at radius 3 is 2.80 bits per heavy atom. The van der Waals surface area contributed by atoms with Crippen molar-refractivity contribution in [3.8, 4) is 11.3 Å². The second kappa shape index (κ2) is 6.20. The molecule has 25 heavy (non-hydrogen) atoms. The van der Waals surface area contributed by atoms with Crippen LogP contribution in [0.15, 0.2) is 42.5 Å². The first-order chi connectivity index (χ1) is 12.1. The molecule has 1 aromatic carbocycles. The normalized spacial score (nSPS) is 17.2. The van der Waals surface area contributed by atoms with Crippen molar-refractivity contribution in [2.24, 2.45) is 0 Å². The molecule has 3 aromatic rings. The van der Waals surface area contributed by atoms with E-state index in [1.165, 1.54) is 0 Å². The molecule has 1 aliphatic rings. The van der Waals surface area contributed by atoms with E-state index in [0.717, 1.165) is 47.9 Å². The minimum Gasteiger partial charge on any atom is -0.354 e. The van der Waals surface area contributed by atoms with Gasteiger partial charge in [0.15, 0.2) is 5.65 Å². The van der Waals surface area contributed by atoms with E-state index in [4.69, 9.17) is 4.98 Å². The monoisotopic (exact) mass is 335 g/mol. The summed E-state index contributed by atoms with van der Waals surface area (Å²) in [5, 5.41) is 7.62. The molecule has 1 fully saturated rings. The highest BCUT2D eigenvalue weighted by molar-refractivity contribution is 5.73. The van der Waals surface area contributed by atoms with Crippen LogP contribution in [-0.4, -0.2) is 39.6 Å². The lowest BCUT2D eigenvalue weighted by atomic mass is 10.1. The van der Waals surface area contributed by atoms with Gasteiger partial charge in [0.25, 0.3) is 0 Å². The van der Waals surface area contributed by atoms with Gasteiger partial charge in [-0.3, -0.25) is 4.79 Å². The van der Waals surface area contributed by atoms with Gasteiger partial charge in [-0.05, 0) is 13.3 Å². The van der Waals surface area contributed by atoms with E-state index in [-0.39, 0.29) is 11.9 Å². The maximum absolute atomic E-state index is 11.3. The molecule has 3 heterocycles. The third kappa shape index (κ3) is 3.07. The van der Waals surface area contributed by atoms with Crippen molar-refractivity contribution in [1.82, 2.24) is 19.9 Å². The summed E-state index contributed by atoms with van der Waals surface area (Å²) >= 11 is 0. The second-order valence-corrected chi connectivity index (χ2v) is 6.55. The molecule has 2 aromatic heterocycles. The third-order valence-electron chi connectivity index (χ3n) is 4.52. The molecule has 1 N–H and O–H groups in total. The van der Waals surface area contributed by atoms with Crippen LogP contribution in [0.3, 0.4) is 0 Å². The van der Waals surface area contributed by atoms with Crippen LogP contribution in [0.4, 0.5) is 5.82 Å². The lowest BCUT2D eigenvalue weighted by molar-refractivity contribution is -0.119. The van der Waals surface area contributed by atoms with Gasteiger partial charge in [-0.1, -0.05) is 30.3 Å². The van der Waals surface area contributed by atoms with Crippen LogP contribution in [0.1, 0.15) is 19.0 Å². The molecule has 128 valence electrons. The Labute approximate surface area is 146 Å². The minimum atomic E-state index is 0.0200. The van der Waals surface area contributed by atoms with Gasteiger partial charge in [-0.15, -0.1) is 0 Å². The molecule has 4 rings (SSSR count). The van der Waals surface area contributed by atoms with E-state index < -0.39 is 0 Å². The van der Waals surface area contributed by atoms with Gasteiger partial charge in [0, 0.05) is 43.8 Å². The molecular weight excluding hydrogens is 314 g/mol. The fourth-order valence-corrected chi connectivity index (χ4v) is 3.43. The number of anilines is 1. The van der Waals surface area contributed by atoms with E-state index in [1.54, 1.807) is 6.92 Å². The number of amides is 1. The molecule has 6 nitrogen and oxygen atoms in total. The van der Waals surface area contributed by atoms with Gasteiger partial charge in [0.05, 0.1) is 11.4 Å². The highest BCUT2D eigenvalue weighted by Gasteiger charge is 2.26. The van der Waals surface area contributed by atoms with Crippen LogP contribution in [0.5, 0.6) is 0 Å². The smallest absolute Gasteiger partial charge is 0.217 e. The van der Waals surface area contributed by atoms with E-state index in [0.29, 0.717) is 0 Å². The van der Waals surface area contributed by atoms with Crippen molar-refractivity contribution >= 4 is 17.4 Å². The molecular formula is C19H21N5O. The van der Waals surface area contributed by atoms with Crippen LogP contribution in [0.2, 0.25) is 0 Å². The van der Waals surface area contributed by atoms with Gasteiger partial charge in [0.1, 0.15) is 5.82 Å². The van der Waals surface area contributed by atoms with Gasteiger partial charge in [-0.2, -0.15) is 9.61 Å². The molecule has 0 saturated carbocycles. The Kier molecular flexibility index (Phi) is 3.87. The van der Waals surface area contributed by atoms with Crippen molar-refractivity contribution in [2.45, 2.75) is 26.3 Å². The molecule has 6 heteroatoms. The summed E-state index contributed by atoms with van der Waals surface area (Å²) in [7, 11) is 0. The van der Waals surface area contributed by atoms with Crippen molar-refractivity contribution in [1.29, 1.82) is 0 Å². The zero-order chi connectivity index (χ0) is 17.4. The Morgan fingerprint density at radius 1 is 1.24 bits per heavy atom. The quantitative estimate of drug-likeness (QED) is 0.798. The number of fused-ring (bicyclic) bond motifs is 1. The summed E-state index contributed by atoms with van der Waals surface area (Å²) in [5.41, 5.74) is 3.81. The zero-order valence-electron chi connectivity index (χ0n) is 14.4. The maximum Gasteiger partial charge on any atom is 0.217 e. The summed E-state index contributed by atoms with van der Waals surface area (Å²) < 4.78 is 1.90. The Morgan fingerprint density at radius 2 is 2.04 bits per heavy atom. The van der Waals surface area contributed by atoms with Crippen molar-refractivity contribution in [2.75, 3.05) is 18.0 Å². The number of benzene rings is 1. The predicted molar refractivity (Wildman–Crippen MR) is 97.6 cm³/mol. The lowest BCUT2D eigenvalue weighted by Crippen LogP contribution is -2.36. The number of nitrogens with one attached hydrogen (secondary N) is 1. The van der Waals surface area contributed by atoms with Crippen molar-refractivity contribution in [3.63, 3.8) is 0 Å². The topological polar surface area (TPSA) is 62.5 Å². The number of aryl methyl sites for hydroxylation is 1. The summed E-state index contributed by atoms with van der Waals surface area (Å²) in [6.07, 6.45) is 0.935. The molecule has 0 radical (unpaired) electrons. The Hall–Kier alpha value is -2.89. The Balaban J connectivity index is 1.76. The number of carbonyl (C=O) groups excluding carboxylic acids is 1. The zero-order valence-corrected chi connectivity index (χ0v) is 14.4. The summed E-state index contributed by atoms with van der Waals surface area (Å²) in [6.45, 7) is 5.21. The van der Waals surface area contributed by atoms with Crippen LogP contribution in [0.25, 0.3) is 16.9 Å². The fraction of sp³-hybridized carbons (Fsp3) is 0.316. The summed E-state index contributed by atoms with van der Waals surface area (Å²) in [4.78, 5) is 18.4. The number of hydrogen-bond donors (Lipinski definition) is 1. The molecule has 1 atom stereocenters. The third-order valence-corrected chi connectivity index (χ3v) is 4.52. The molecule has 1 saturated heterocycles. The maximum atomic E-state index is 11.3. The molecule has 1 unspecified atom stereocenters. The largest absolute Gasteiger partial charge is 0.354 e. The first kappa shape index (κ1) is 15.6. The molecule has 0 aliphatic carbocycles. The van der Waals surface area contributed by atoms with Gasteiger partial charge in [0.2, 0.25) is 5.91 Å². The molecule has 1 amide bonds. The predicted octanol–water partition coefficient (Wildman–Crippen LogP) is 2.42. The standard InChI is InChI=1S/C19H21N5O/c1-13-10-18-21-17(15-6-4-3-5-7-15)11-19(24(18)22-13)23-9-8-16(12-23)20-14(2)25/h3-7,10-11,16H,8-9,12H2,1-2H3,(H,20,25). The van der Waals surface area contributed by atoms with Crippen LogP contribution in [0, 0.1) is 6.92 Å². The number of carbonyl (C=O) groups is 1. The van der Waals surface area contributed by atoms with E-state index >= 15 is 0 Å². The summed E-state index contributed by atoms with van der Waals surface area (Å²) in [6, 6.07) is 14.4.